The van der Waals surface area contributed by atoms with Gasteiger partial charge in [0.05, 0.1) is 16.3 Å². The van der Waals surface area contributed by atoms with E-state index in [2.05, 4.69) is 29.0 Å². The molecular weight excluding hydrogens is 388 g/mol. The van der Waals surface area contributed by atoms with Crippen molar-refractivity contribution in [2.75, 3.05) is 39.5 Å². The van der Waals surface area contributed by atoms with Gasteiger partial charge in [-0.2, -0.15) is 5.10 Å². The van der Waals surface area contributed by atoms with E-state index in [0.717, 1.165) is 47.6 Å². The highest BCUT2D eigenvalue weighted by Crippen LogP contribution is 2.41. The van der Waals surface area contributed by atoms with Crippen molar-refractivity contribution in [2.24, 2.45) is 0 Å². The Kier molecular flexibility index (Phi) is 6.38. The van der Waals surface area contributed by atoms with Crippen molar-refractivity contribution in [3.8, 4) is 10.6 Å². The normalized spacial score (nSPS) is 13.2. The second-order valence-corrected chi connectivity index (χ2v) is 9.07. The molecule has 0 fully saturated rings. The molecule has 9 heteroatoms. The van der Waals surface area contributed by atoms with Gasteiger partial charge in [-0.25, -0.2) is 4.98 Å². The molecule has 0 unspecified atom stereocenters. The van der Waals surface area contributed by atoms with Crippen molar-refractivity contribution >= 4 is 28.3 Å². The molecule has 3 rings (SSSR count). The van der Waals surface area contributed by atoms with Crippen molar-refractivity contribution in [3.63, 3.8) is 0 Å². The van der Waals surface area contributed by atoms with Gasteiger partial charge in [-0.1, -0.05) is 11.3 Å². The number of thiazole rings is 1. The summed E-state index contributed by atoms with van der Waals surface area (Å²) in [6.07, 6.45) is 2.51. The lowest BCUT2D eigenvalue weighted by Gasteiger charge is -2.19. The van der Waals surface area contributed by atoms with Gasteiger partial charge in [-0.05, 0) is 47.2 Å². The van der Waals surface area contributed by atoms with Crippen LogP contribution in [0.1, 0.15) is 55.0 Å². The molecule has 2 aromatic rings. The van der Waals surface area contributed by atoms with Gasteiger partial charge in [0.15, 0.2) is 10.8 Å². The average Bonchev–Trinajstić information content (AvgIpc) is 3.15. The first-order valence-electron chi connectivity index (χ1n) is 9.98. The topological polar surface area (TPSA) is 83.4 Å². The highest BCUT2D eigenvalue weighted by molar-refractivity contribution is 7.19. The minimum absolute atomic E-state index is 0.0439. The Morgan fingerprint density at radius 3 is 2.55 bits per heavy atom. The van der Waals surface area contributed by atoms with Crippen molar-refractivity contribution in [3.05, 3.63) is 17.0 Å². The van der Waals surface area contributed by atoms with E-state index in [1.165, 1.54) is 18.3 Å². The summed E-state index contributed by atoms with van der Waals surface area (Å²) >= 11 is 1.46. The lowest BCUT2D eigenvalue weighted by Crippen LogP contribution is -2.34. The minimum Gasteiger partial charge on any atom is -0.339 e. The predicted octanol–water partition coefficient (Wildman–Crippen LogP) is 2.67. The third-order valence-corrected chi connectivity index (χ3v) is 5.99. The van der Waals surface area contributed by atoms with Gasteiger partial charge in [0.25, 0.3) is 5.91 Å². The Morgan fingerprint density at radius 1 is 1.21 bits per heavy atom. The van der Waals surface area contributed by atoms with Crippen molar-refractivity contribution < 1.29 is 9.59 Å². The number of anilines is 1. The molecule has 0 atom stereocenters. The lowest BCUT2D eigenvalue weighted by molar-refractivity contribution is -0.114. The van der Waals surface area contributed by atoms with E-state index in [1.807, 2.05) is 25.8 Å². The Morgan fingerprint density at radius 2 is 1.93 bits per heavy atom. The summed E-state index contributed by atoms with van der Waals surface area (Å²) in [5, 5.41) is 8.15. The van der Waals surface area contributed by atoms with E-state index < -0.39 is 0 Å². The molecule has 29 heavy (non-hydrogen) atoms. The molecule has 0 aliphatic heterocycles. The number of aromatic nitrogens is 3. The Balaban J connectivity index is 2.06. The fraction of sp³-hybridized carbons (Fsp3) is 0.600. The Labute approximate surface area is 175 Å². The summed E-state index contributed by atoms with van der Waals surface area (Å²) in [7, 11) is 5.82. The van der Waals surface area contributed by atoms with Gasteiger partial charge in [-0.15, -0.1) is 0 Å². The van der Waals surface area contributed by atoms with Crippen LogP contribution in [0.5, 0.6) is 0 Å². The summed E-state index contributed by atoms with van der Waals surface area (Å²) in [4.78, 5) is 34.1. The van der Waals surface area contributed by atoms with Crippen LogP contribution in [0.2, 0.25) is 0 Å². The molecule has 0 spiro atoms. The van der Waals surface area contributed by atoms with Crippen LogP contribution >= 0.6 is 11.3 Å². The Hall–Kier alpha value is -2.26. The number of likely N-dealkylation sites (N-methyl/N-ethyl adjacent to an activating group) is 2. The number of amides is 2. The molecule has 158 valence electrons. The van der Waals surface area contributed by atoms with E-state index in [4.69, 9.17) is 5.10 Å². The second-order valence-electron chi connectivity index (χ2n) is 8.07. The molecule has 1 aliphatic rings. The van der Waals surface area contributed by atoms with Crippen molar-refractivity contribution in [1.29, 1.82) is 0 Å². The fourth-order valence-electron chi connectivity index (χ4n) is 3.47. The number of hydrogen-bond acceptors (Lipinski definition) is 6. The third-order valence-electron chi connectivity index (χ3n) is 4.97. The van der Waals surface area contributed by atoms with Crippen LogP contribution in [0.15, 0.2) is 0 Å². The highest BCUT2D eigenvalue weighted by Gasteiger charge is 2.31. The smallest absolute Gasteiger partial charge is 0.274 e. The quantitative estimate of drug-likeness (QED) is 0.780. The second kappa shape index (κ2) is 8.62. The maximum atomic E-state index is 13.2. The van der Waals surface area contributed by atoms with Gasteiger partial charge in [-0.3, -0.25) is 14.3 Å². The Bertz CT molecular complexity index is 914. The SMILES string of the molecule is CC(=O)Nc1nc2c(s1)-c1c(c(C(=O)N(C)CCN(C)C)nn1C(C)C)CCC2. The number of nitrogens with zero attached hydrogens (tertiary/aromatic N) is 5. The lowest BCUT2D eigenvalue weighted by atomic mass is 10.1. The summed E-state index contributed by atoms with van der Waals surface area (Å²) in [5.74, 6) is -0.178. The van der Waals surface area contributed by atoms with Gasteiger partial charge in [0.1, 0.15) is 0 Å². The predicted molar refractivity (Wildman–Crippen MR) is 116 cm³/mol. The molecule has 2 heterocycles. The molecular formula is C20H30N6O2S. The number of aryl methyl sites for hydroxylation is 1. The molecule has 8 nitrogen and oxygen atoms in total. The van der Waals surface area contributed by atoms with Crippen LogP contribution in [0.4, 0.5) is 5.13 Å². The molecule has 2 amide bonds. The number of nitrogens with one attached hydrogen (secondary N) is 1. The number of rotatable bonds is 6. The van der Waals surface area contributed by atoms with E-state index in [0.29, 0.717) is 17.4 Å². The van der Waals surface area contributed by atoms with Crippen LogP contribution in [0, 0.1) is 0 Å². The van der Waals surface area contributed by atoms with E-state index >= 15 is 0 Å². The van der Waals surface area contributed by atoms with Gasteiger partial charge in [0, 0.05) is 38.7 Å². The van der Waals surface area contributed by atoms with Gasteiger partial charge < -0.3 is 15.1 Å². The summed E-state index contributed by atoms with van der Waals surface area (Å²) in [5.41, 5.74) is 3.49. The fourth-order valence-corrected chi connectivity index (χ4v) is 4.59. The number of carbonyl (C=O) groups is 2. The number of carbonyl (C=O) groups excluding carboxylic acids is 2. The largest absolute Gasteiger partial charge is 0.339 e. The van der Waals surface area contributed by atoms with Crippen LogP contribution in [-0.4, -0.2) is 70.6 Å². The molecule has 0 radical (unpaired) electrons. The zero-order valence-electron chi connectivity index (χ0n) is 18.1. The average molecular weight is 419 g/mol. The van der Waals surface area contributed by atoms with Crippen LogP contribution in [0.25, 0.3) is 10.6 Å². The van der Waals surface area contributed by atoms with E-state index in [9.17, 15) is 9.59 Å². The maximum absolute atomic E-state index is 13.2. The van der Waals surface area contributed by atoms with Gasteiger partial charge >= 0.3 is 0 Å². The summed E-state index contributed by atoms with van der Waals surface area (Å²) in [6, 6.07) is 0.106. The molecule has 1 aliphatic carbocycles. The first kappa shape index (κ1) is 21.4. The molecule has 0 bridgehead atoms. The minimum atomic E-state index is -0.134. The van der Waals surface area contributed by atoms with E-state index in [1.54, 1.807) is 4.90 Å². The monoisotopic (exact) mass is 418 g/mol. The van der Waals surface area contributed by atoms with Crippen LogP contribution in [0.3, 0.4) is 0 Å². The zero-order valence-corrected chi connectivity index (χ0v) is 18.9. The molecule has 0 saturated carbocycles. The van der Waals surface area contributed by atoms with Crippen LogP contribution < -0.4 is 5.32 Å². The summed E-state index contributed by atoms with van der Waals surface area (Å²) in [6.45, 7) is 7.06. The maximum Gasteiger partial charge on any atom is 0.274 e. The number of hydrogen-bond donors (Lipinski definition) is 1. The van der Waals surface area contributed by atoms with Crippen LogP contribution in [-0.2, 0) is 17.6 Å². The molecule has 1 N–H and O–H groups in total. The summed E-state index contributed by atoms with van der Waals surface area (Å²) < 4.78 is 1.95. The molecule has 0 aromatic carbocycles. The zero-order chi connectivity index (χ0) is 21.3. The molecule has 0 saturated heterocycles. The highest BCUT2D eigenvalue weighted by atomic mass is 32.1. The standard InChI is InChI=1S/C20H30N6O2S/c1-12(2)26-17-14(16(23-26)19(28)25(6)11-10-24(4)5)8-7-9-15-18(17)29-20(22-15)21-13(3)27/h12H,7-11H2,1-6H3,(H,21,22,27). The first-order valence-corrected chi connectivity index (χ1v) is 10.8. The molecule has 2 aromatic heterocycles. The first-order chi connectivity index (χ1) is 13.7. The van der Waals surface area contributed by atoms with Crippen molar-refractivity contribution in [1.82, 2.24) is 24.6 Å². The van der Waals surface area contributed by atoms with Crippen molar-refractivity contribution in [2.45, 2.75) is 46.1 Å². The van der Waals surface area contributed by atoms with Gasteiger partial charge in [0.2, 0.25) is 5.91 Å². The number of fused-ring (bicyclic) bond motifs is 3. The van der Waals surface area contributed by atoms with E-state index in [-0.39, 0.29) is 17.9 Å². The third kappa shape index (κ3) is 4.51.